The molecule has 0 saturated heterocycles. The van der Waals surface area contributed by atoms with E-state index in [-0.39, 0.29) is 11.7 Å². The minimum atomic E-state index is -0.125. The van der Waals surface area contributed by atoms with E-state index in [0.717, 1.165) is 20.8 Å². The van der Waals surface area contributed by atoms with Gasteiger partial charge in [-0.25, -0.2) is 4.98 Å². The van der Waals surface area contributed by atoms with Crippen LogP contribution in [0.2, 0.25) is 0 Å². The summed E-state index contributed by atoms with van der Waals surface area (Å²) in [6, 6.07) is 9.25. The van der Waals surface area contributed by atoms with Crippen LogP contribution in [0.3, 0.4) is 0 Å². The number of amides is 1. The number of nitrogens with zero attached hydrogens (tertiary/aromatic N) is 1. The van der Waals surface area contributed by atoms with E-state index in [9.17, 15) is 9.59 Å². The first-order valence-electron chi connectivity index (χ1n) is 7.47. The van der Waals surface area contributed by atoms with Crippen molar-refractivity contribution in [3.05, 3.63) is 40.6 Å². The molecule has 7 heteroatoms. The summed E-state index contributed by atoms with van der Waals surface area (Å²) in [6.45, 7) is 0. The minimum Gasteiger partial charge on any atom is -0.497 e. The highest BCUT2D eigenvalue weighted by atomic mass is 32.1. The molecule has 2 heterocycles. The van der Waals surface area contributed by atoms with Gasteiger partial charge in [0.05, 0.1) is 22.2 Å². The standard InChI is InChI=1S/C17H16N2O3S2/c1-22-11-7-8-12-15(10-11)24-17(18-12)19-16(21)6-2-4-13(20)14-5-3-9-23-14/h3,5,7-10H,2,4,6H2,1H3,(H,18,19,21). The molecule has 0 radical (unpaired) electrons. The first-order chi connectivity index (χ1) is 11.7. The van der Waals surface area contributed by atoms with E-state index >= 15 is 0 Å². The normalized spacial score (nSPS) is 10.7. The van der Waals surface area contributed by atoms with Gasteiger partial charge >= 0.3 is 0 Å². The number of rotatable bonds is 7. The fraction of sp³-hybridized carbons (Fsp3) is 0.235. The zero-order chi connectivity index (χ0) is 16.9. The number of carbonyl (C=O) groups excluding carboxylic acids is 2. The van der Waals surface area contributed by atoms with Gasteiger partial charge in [-0.05, 0) is 36.1 Å². The average Bonchev–Trinajstić information content (AvgIpc) is 3.23. The molecule has 124 valence electrons. The number of carbonyl (C=O) groups is 2. The number of nitrogens with one attached hydrogen (secondary N) is 1. The van der Waals surface area contributed by atoms with Gasteiger partial charge in [0.15, 0.2) is 10.9 Å². The molecule has 0 bridgehead atoms. The molecular weight excluding hydrogens is 344 g/mol. The van der Waals surface area contributed by atoms with E-state index in [1.807, 2.05) is 35.7 Å². The molecule has 24 heavy (non-hydrogen) atoms. The number of fused-ring (bicyclic) bond motifs is 1. The summed E-state index contributed by atoms with van der Waals surface area (Å²) < 4.78 is 6.14. The van der Waals surface area contributed by atoms with Crippen molar-refractivity contribution in [2.45, 2.75) is 19.3 Å². The predicted octanol–water partition coefficient (Wildman–Crippen LogP) is 4.36. The number of Topliss-reactive ketones (excluding diaryl/α,β-unsaturated/α-hetero) is 1. The zero-order valence-electron chi connectivity index (χ0n) is 13.1. The number of thiophene rings is 1. The molecular formula is C17H16N2O3S2. The maximum Gasteiger partial charge on any atom is 0.226 e. The van der Waals surface area contributed by atoms with Crippen molar-refractivity contribution in [3.8, 4) is 5.75 Å². The maximum atomic E-state index is 12.0. The quantitative estimate of drug-likeness (QED) is 0.636. The van der Waals surface area contributed by atoms with Crippen molar-refractivity contribution in [2.24, 2.45) is 0 Å². The molecule has 0 fully saturated rings. The number of benzene rings is 1. The Bertz CT molecular complexity index is 856. The van der Waals surface area contributed by atoms with Crippen LogP contribution >= 0.6 is 22.7 Å². The number of methoxy groups -OCH3 is 1. The third kappa shape index (κ3) is 3.98. The second-order valence-electron chi connectivity index (χ2n) is 5.15. The highest BCUT2D eigenvalue weighted by Gasteiger charge is 2.11. The molecule has 0 aliphatic rings. The maximum absolute atomic E-state index is 12.0. The molecule has 0 atom stereocenters. The molecule has 2 aromatic heterocycles. The van der Waals surface area contributed by atoms with Crippen LogP contribution < -0.4 is 10.1 Å². The van der Waals surface area contributed by atoms with Crippen LogP contribution in [0.1, 0.15) is 28.9 Å². The number of hydrogen-bond donors (Lipinski definition) is 1. The number of anilines is 1. The molecule has 5 nitrogen and oxygen atoms in total. The lowest BCUT2D eigenvalue weighted by molar-refractivity contribution is -0.116. The summed E-state index contributed by atoms with van der Waals surface area (Å²) in [5.74, 6) is 0.723. The Labute approximate surface area is 147 Å². The number of ketones is 1. The second kappa shape index (κ2) is 7.55. The van der Waals surface area contributed by atoms with Crippen molar-refractivity contribution in [3.63, 3.8) is 0 Å². The monoisotopic (exact) mass is 360 g/mol. The van der Waals surface area contributed by atoms with Gasteiger partial charge in [0.25, 0.3) is 0 Å². The van der Waals surface area contributed by atoms with Crippen LogP contribution in [-0.4, -0.2) is 23.8 Å². The lowest BCUT2D eigenvalue weighted by atomic mass is 10.1. The van der Waals surface area contributed by atoms with Gasteiger partial charge in [-0.3, -0.25) is 9.59 Å². The Kier molecular flexibility index (Phi) is 5.22. The minimum absolute atomic E-state index is 0.0879. The summed E-state index contributed by atoms with van der Waals surface area (Å²) in [5, 5.41) is 5.24. The zero-order valence-corrected chi connectivity index (χ0v) is 14.7. The first-order valence-corrected chi connectivity index (χ1v) is 9.16. The van der Waals surface area contributed by atoms with Gasteiger partial charge in [0.2, 0.25) is 5.91 Å². The SMILES string of the molecule is COc1ccc2nc(NC(=O)CCCC(=O)c3cccs3)sc2c1. The van der Waals surface area contributed by atoms with Crippen LogP contribution in [-0.2, 0) is 4.79 Å². The highest BCUT2D eigenvalue weighted by Crippen LogP contribution is 2.29. The van der Waals surface area contributed by atoms with Gasteiger partial charge in [0.1, 0.15) is 5.75 Å². The third-order valence-electron chi connectivity index (χ3n) is 3.45. The lowest BCUT2D eigenvalue weighted by Crippen LogP contribution is -2.11. The van der Waals surface area contributed by atoms with Crippen LogP contribution in [0.5, 0.6) is 5.75 Å². The number of thiazole rings is 1. The molecule has 0 unspecified atom stereocenters. The summed E-state index contributed by atoms with van der Waals surface area (Å²) in [7, 11) is 1.61. The Morgan fingerprint density at radius 2 is 2.12 bits per heavy atom. The average molecular weight is 360 g/mol. The largest absolute Gasteiger partial charge is 0.497 e. The Morgan fingerprint density at radius 1 is 1.25 bits per heavy atom. The van der Waals surface area contributed by atoms with Gasteiger partial charge in [0, 0.05) is 12.8 Å². The van der Waals surface area contributed by atoms with Gasteiger partial charge < -0.3 is 10.1 Å². The Hall–Kier alpha value is -2.25. The smallest absolute Gasteiger partial charge is 0.226 e. The van der Waals surface area contributed by atoms with E-state index in [1.165, 1.54) is 22.7 Å². The van der Waals surface area contributed by atoms with E-state index in [4.69, 9.17) is 4.74 Å². The molecule has 1 aromatic carbocycles. The van der Waals surface area contributed by atoms with Crippen LogP contribution in [0.4, 0.5) is 5.13 Å². The van der Waals surface area contributed by atoms with Crippen LogP contribution in [0.15, 0.2) is 35.7 Å². The van der Waals surface area contributed by atoms with E-state index < -0.39 is 0 Å². The van der Waals surface area contributed by atoms with E-state index in [1.54, 1.807) is 7.11 Å². The van der Waals surface area contributed by atoms with E-state index in [0.29, 0.717) is 24.4 Å². The van der Waals surface area contributed by atoms with Gasteiger partial charge in [-0.15, -0.1) is 11.3 Å². The Morgan fingerprint density at radius 3 is 2.88 bits per heavy atom. The fourth-order valence-electron chi connectivity index (χ4n) is 2.24. The van der Waals surface area contributed by atoms with Crippen molar-refractivity contribution in [1.29, 1.82) is 0 Å². The lowest BCUT2D eigenvalue weighted by Gasteiger charge is -2.01. The molecule has 3 rings (SSSR count). The number of ether oxygens (including phenoxy) is 1. The summed E-state index contributed by atoms with van der Waals surface area (Å²) in [6.07, 6.45) is 1.21. The molecule has 1 N–H and O–H groups in total. The molecule has 3 aromatic rings. The van der Waals surface area contributed by atoms with Crippen LogP contribution in [0.25, 0.3) is 10.2 Å². The highest BCUT2D eigenvalue weighted by molar-refractivity contribution is 7.22. The van der Waals surface area contributed by atoms with Gasteiger partial charge in [-0.2, -0.15) is 0 Å². The molecule has 1 amide bonds. The number of aromatic nitrogens is 1. The summed E-state index contributed by atoms with van der Waals surface area (Å²) in [5.41, 5.74) is 0.823. The van der Waals surface area contributed by atoms with Crippen LogP contribution in [0, 0.1) is 0 Å². The first kappa shape index (κ1) is 16.6. The van der Waals surface area contributed by atoms with E-state index in [2.05, 4.69) is 10.3 Å². The molecule has 0 saturated carbocycles. The van der Waals surface area contributed by atoms with Crippen molar-refractivity contribution in [2.75, 3.05) is 12.4 Å². The van der Waals surface area contributed by atoms with Crippen molar-refractivity contribution in [1.82, 2.24) is 4.98 Å². The second-order valence-corrected chi connectivity index (χ2v) is 7.13. The summed E-state index contributed by atoms with van der Waals surface area (Å²) in [4.78, 5) is 29.0. The van der Waals surface area contributed by atoms with Crippen molar-refractivity contribution >= 4 is 49.7 Å². The van der Waals surface area contributed by atoms with Crippen molar-refractivity contribution < 1.29 is 14.3 Å². The summed E-state index contributed by atoms with van der Waals surface area (Å²) >= 11 is 2.83. The third-order valence-corrected chi connectivity index (χ3v) is 5.29. The fourth-order valence-corrected chi connectivity index (χ4v) is 3.84. The molecule has 0 spiro atoms. The molecule has 0 aliphatic heterocycles. The predicted molar refractivity (Wildman–Crippen MR) is 97.3 cm³/mol. The number of hydrogen-bond acceptors (Lipinski definition) is 6. The molecule has 0 aliphatic carbocycles. The van der Waals surface area contributed by atoms with Gasteiger partial charge in [-0.1, -0.05) is 17.4 Å². The Balaban J connectivity index is 1.52. The topological polar surface area (TPSA) is 68.3 Å².